The summed E-state index contributed by atoms with van der Waals surface area (Å²) < 4.78 is 19.3. The fraction of sp³-hybridized carbons (Fsp3) is 0.400. The molecule has 3 nitrogen and oxygen atoms in total. The molecule has 0 aromatic heterocycles. The Hall–Kier alpha value is -0.0588. The molecule has 2 aliphatic rings. The van der Waals surface area contributed by atoms with Crippen LogP contribution in [0.4, 0.5) is 0 Å². The van der Waals surface area contributed by atoms with Gasteiger partial charge in [0, 0.05) is 0 Å². The summed E-state index contributed by atoms with van der Waals surface area (Å²) >= 11 is 1.98. The molecular weight excluding hydrogens is 466 g/mol. The topological polar surface area (TPSA) is 46.5 Å². The van der Waals surface area contributed by atoms with Crippen molar-refractivity contribution in [2.24, 2.45) is 0 Å². The molecule has 0 radical (unpaired) electrons. The van der Waals surface area contributed by atoms with Gasteiger partial charge < -0.3 is 24.8 Å². The average molecular weight is 492 g/mol. The van der Waals surface area contributed by atoms with Gasteiger partial charge in [0.05, 0.1) is 0 Å². The van der Waals surface area contributed by atoms with Crippen molar-refractivity contribution in [3.05, 3.63) is 63.2 Å². The second-order valence-electron chi connectivity index (χ2n) is 7.80. The van der Waals surface area contributed by atoms with Crippen LogP contribution in [0.15, 0.2) is 52.1 Å². The standard InChI is InChI=1S/C20H26O3PSi.2ClH.Ti/c1-13-14(2)19(20(4,15(13)3)25(5)6)23-24(21,22)18-11-16-9-7-8-10-17(16)12-18;;;/h7-12,25H,1-6H3,(H,21,22);2*1H;/q;;;+2/p-2. The van der Waals surface area contributed by atoms with Crippen LogP contribution >= 0.6 is 7.60 Å². The molecule has 0 bridgehead atoms. The first-order chi connectivity index (χ1) is 12.0. The summed E-state index contributed by atoms with van der Waals surface area (Å²) in [5.74, 6) is 0.712. The third-order valence-corrected chi connectivity index (χ3v) is 12.1. The molecule has 0 fully saturated rings. The van der Waals surface area contributed by atoms with Gasteiger partial charge in [0.2, 0.25) is 0 Å². The molecule has 0 heterocycles. The maximum Gasteiger partial charge on any atom is -1.00 e. The smallest absolute Gasteiger partial charge is 1.00 e. The number of hydrogen-bond donors (Lipinski definition) is 1. The summed E-state index contributed by atoms with van der Waals surface area (Å²) in [6, 6.07) is 7.93. The van der Waals surface area contributed by atoms with Crippen LogP contribution < -0.4 is 24.8 Å². The minimum Gasteiger partial charge on any atom is -1.00 e. The zero-order valence-electron chi connectivity index (χ0n) is 17.0. The Kier molecular flexibility index (Phi) is 8.33. The molecule has 3 atom stereocenters. The SMILES string of the molecule is CC1=C(C)C(C)([SiH](C)C)C(OP(=O)(O)C2=Cc3ccccc3[CH]2[Ti+2])=C1C.[Cl-].[Cl-]. The first-order valence-corrected chi connectivity index (χ1v) is 14.3. The van der Waals surface area contributed by atoms with Gasteiger partial charge in [-0.2, -0.15) is 0 Å². The monoisotopic (exact) mass is 491 g/mol. The van der Waals surface area contributed by atoms with E-state index in [2.05, 4.69) is 33.9 Å². The summed E-state index contributed by atoms with van der Waals surface area (Å²) in [6.07, 6.45) is 1.84. The van der Waals surface area contributed by atoms with Gasteiger partial charge in [-0.3, -0.25) is 0 Å². The van der Waals surface area contributed by atoms with Crippen molar-refractivity contribution < 1.29 is 59.2 Å². The quantitative estimate of drug-likeness (QED) is 0.465. The molecule has 3 rings (SSSR count). The molecule has 8 heteroatoms. The Labute approximate surface area is 194 Å². The largest absolute Gasteiger partial charge is 1.00 e. The third-order valence-electron chi connectivity index (χ3n) is 6.32. The number of hydrogen-bond acceptors (Lipinski definition) is 2. The molecule has 0 spiro atoms. The second-order valence-corrected chi connectivity index (χ2v) is 13.9. The first-order valence-electron chi connectivity index (χ1n) is 8.96. The van der Waals surface area contributed by atoms with Crippen LogP contribution in [0.2, 0.25) is 18.1 Å². The van der Waals surface area contributed by atoms with Crippen molar-refractivity contribution in [1.29, 1.82) is 0 Å². The van der Waals surface area contributed by atoms with Gasteiger partial charge in [-0.05, 0) is 0 Å². The predicted octanol–water partition coefficient (Wildman–Crippen LogP) is -0.290. The van der Waals surface area contributed by atoms with Crippen molar-refractivity contribution in [3.8, 4) is 0 Å². The molecule has 0 aliphatic heterocycles. The van der Waals surface area contributed by atoms with Gasteiger partial charge in [-0.15, -0.1) is 0 Å². The molecule has 1 N–H and O–H groups in total. The van der Waals surface area contributed by atoms with Crippen molar-refractivity contribution in [2.45, 2.75) is 50.0 Å². The van der Waals surface area contributed by atoms with E-state index in [1.54, 1.807) is 0 Å². The van der Waals surface area contributed by atoms with Crippen molar-refractivity contribution >= 4 is 22.5 Å². The Balaban J connectivity index is 0.00000196. The van der Waals surface area contributed by atoms with E-state index >= 15 is 0 Å². The minimum absolute atomic E-state index is 0. The van der Waals surface area contributed by atoms with E-state index in [1.165, 1.54) is 11.1 Å². The maximum atomic E-state index is 13.3. The minimum atomic E-state index is -3.94. The predicted molar refractivity (Wildman–Crippen MR) is 106 cm³/mol. The molecule has 28 heavy (non-hydrogen) atoms. The molecular formula is C20H26Cl2O3PSiTi. The van der Waals surface area contributed by atoms with Crippen LogP contribution in [-0.4, -0.2) is 13.7 Å². The van der Waals surface area contributed by atoms with Crippen LogP contribution in [0, 0.1) is 0 Å². The van der Waals surface area contributed by atoms with E-state index in [-0.39, 0.29) is 34.1 Å². The van der Waals surface area contributed by atoms with Gasteiger partial charge in [-0.25, -0.2) is 0 Å². The van der Waals surface area contributed by atoms with Gasteiger partial charge in [0.1, 0.15) is 0 Å². The molecule has 1 aromatic rings. The summed E-state index contributed by atoms with van der Waals surface area (Å²) in [5.41, 5.74) is 5.59. The normalized spacial score (nSPS) is 25.8. The first kappa shape index (κ1) is 26.0. The molecule has 0 saturated carbocycles. The van der Waals surface area contributed by atoms with Crippen LogP contribution in [0.5, 0.6) is 0 Å². The van der Waals surface area contributed by atoms with Crippen LogP contribution in [0.3, 0.4) is 0 Å². The molecule has 151 valence electrons. The summed E-state index contributed by atoms with van der Waals surface area (Å²) in [7, 11) is -5.16. The molecule has 0 saturated heterocycles. The maximum absolute atomic E-state index is 13.3. The number of allylic oxidation sites excluding steroid dienone is 4. The fourth-order valence-electron chi connectivity index (χ4n) is 3.99. The van der Waals surface area contributed by atoms with Crippen LogP contribution in [0.25, 0.3) is 6.08 Å². The van der Waals surface area contributed by atoms with E-state index in [0.717, 1.165) is 16.7 Å². The Morgan fingerprint density at radius 3 is 2.25 bits per heavy atom. The summed E-state index contributed by atoms with van der Waals surface area (Å²) in [4.78, 5) is 10.9. The van der Waals surface area contributed by atoms with Crippen molar-refractivity contribution in [1.82, 2.24) is 0 Å². The fourth-order valence-corrected chi connectivity index (χ4v) is 8.72. The second kappa shape index (κ2) is 8.98. The third kappa shape index (κ3) is 3.95. The van der Waals surface area contributed by atoms with Gasteiger partial charge >= 0.3 is 170 Å². The summed E-state index contributed by atoms with van der Waals surface area (Å²) in [5, 5.41) is 0.274. The Morgan fingerprint density at radius 2 is 1.71 bits per heavy atom. The van der Waals surface area contributed by atoms with Crippen LogP contribution in [-0.2, 0) is 29.5 Å². The van der Waals surface area contributed by atoms with E-state index < -0.39 is 16.4 Å². The number of benzene rings is 1. The van der Waals surface area contributed by atoms with E-state index in [0.29, 0.717) is 11.1 Å². The van der Waals surface area contributed by atoms with Gasteiger partial charge in [-0.1, -0.05) is 0 Å². The molecule has 2 aliphatic carbocycles. The number of fused-ring (bicyclic) bond motifs is 1. The van der Waals surface area contributed by atoms with Gasteiger partial charge in [0.25, 0.3) is 0 Å². The molecule has 3 unspecified atom stereocenters. The Bertz CT molecular complexity index is 926. The number of halogens is 2. The molecule has 1 aromatic carbocycles. The summed E-state index contributed by atoms with van der Waals surface area (Å²) in [6.45, 7) is 13.0. The van der Waals surface area contributed by atoms with Crippen molar-refractivity contribution in [3.63, 3.8) is 0 Å². The van der Waals surface area contributed by atoms with E-state index in [9.17, 15) is 9.46 Å². The van der Waals surface area contributed by atoms with E-state index in [1.807, 2.05) is 57.7 Å². The number of rotatable bonds is 4. The average Bonchev–Trinajstić information content (AvgIpc) is 3.01. The van der Waals surface area contributed by atoms with Crippen molar-refractivity contribution in [2.75, 3.05) is 0 Å². The zero-order chi connectivity index (χ0) is 19.4. The van der Waals surface area contributed by atoms with Crippen LogP contribution in [0.1, 0.15) is 43.0 Å². The molecule has 0 amide bonds. The van der Waals surface area contributed by atoms with Gasteiger partial charge in [0.15, 0.2) is 0 Å². The zero-order valence-corrected chi connectivity index (χ0v) is 22.1. The Morgan fingerprint density at radius 1 is 1.14 bits per heavy atom. The van der Waals surface area contributed by atoms with E-state index in [4.69, 9.17) is 4.52 Å².